The number of nitrogens with one attached hydrogen (secondary N) is 1. The first-order valence-corrected chi connectivity index (χ1v) is 8.30. The standard InChI is InChI=1S/C16H30N2/c1-14-9-12-17-16(10-5-2-6-11-16)13-18(14)15-7-3-4-8-15/h14-15,17H,2-13H2,1H3. The lowest BCUT2D eigenvalue weighted by Crippen LogP contribution is -2.55. The minimum absolute atomic E-state index is 0.478. The van der Waals surface area contributed by atoms with E-state index in [-0.39, 0.29) is 0 Å². The minimum Gasteiger partial charge on any atom is -0.310 e. The lowest BCUT2D eigenvalue weighted by Gasteiger charge is -2.43. The Morgan fingerprint density at radius 2 is 1.67 bits per heavy atom. The van der Waals surface area contributed by atoms with E-state index in [1.165, 1.54) is 77.3 Å². The van der Waals surface area contributed by atoms with Crippen molar-refractivity contribution in [1.29, 1.82) is 0 Å². The molecule has 1 N–H and O–H groups in total. The van der Waals surface area contributed by atoms with Gasteiger partial charge in [0, 0.05) is 24.2 Å². The van der Waals surface area contributed by atoms with Crippen molar-refractivity contribution in [3.05, 3.63) is 0 Å². The summed E-state index contributed by atoms with van der Waals surface area (Å²) in [6.07, 6.45) is 14.4. The zero-order valence-corrected chi connectivity index (χ0v) is 12.1. The van der Waals surface area contributed by atoms with Crippen LogP contribution in [0.2, 0.25) is 0 Å². The van der Waals surface area contributed by atoms with Gasteiger partial charge in [-0.3, -0.25) is 4.90 Å². The van der Waals surface area contributed by atoms with Gasteiger partial charge in [-0.25, -0.2) is 0 Å². The van der Waals surface area contributed by atoms with Gasteiger partial charge in [-0.1, -0.05) is 32.1 Å². The fraction of sp³-hybridized carbons (Fsp3) is 1.00. The van der Waals surface area contributed by atoms with Crippen LogP contribution < -0.4 is 5.32 Å². The van der Waals surface area contributed by atoms with Gasteiger partial charge in [0.15, 0.2) is 0 Å². The smallest absolute Gasteiger partial charge is 0.0309 e. The van der Waals surface area contributed by atoms with Crippen molar-refractivity contribution >= 4 is 0 Å². The molecule has 1 unspecified atom stereocenters. The van der Waals surface area contributed by atoms with E-state index < -0.39 is 0 Å². The summed E-state index contributed by atoms with van der Waals surface area (Å²) in [5, 5.41) is 3.94. The first-order chi connectivity index (χ1) is 8.79. The molecule has 2 aliphatic carbocycles. The van der Waals surface area contributed by atoms with Gasteiger partial charge in [-0.2, -0.15) is 0 Å². The van der Waals surface area contributed by atoms with E-state index in [9.17, 15) is 0 Å². The molecule has 0 aromatic heterocycles. The second-order valence-corrected chi connectivity index (χ2v) is 7.02. The topological polar surface area (TPSA) is 15.3 Å². The summed E-state index contributed by atoms with van der Waals surface area (Å²) in [4.78, 5) is 2.89. The normalized spacial score (nSPS) is 34.8. The van der Waals surface area contributed by atoms with Crippen molar-refractivity contribution in [3.63, 3.8) is 0 Å². The van der Waals surface area contributed by atoms with Gasteiger partial charge in [0.1, 0.15) is 0 Å². The van der Waals surface area contributed by atoms with Crippen LogP contribution >= 0.6 is 0 Å². The Kier molecular flexibility index (Phi) is 3.95. The second-order valence-electron chi connectivity index (χ2n) is 7.02. The molecule has 3 rings (SSSR count). The summed E-state index contributed by atoms with van der Waals surface area (Å²) in [6, 6.07) is 1.70. The molecule has 3 fully saturated rings. The maximum Gasteiger partial charge on any atom is 0.0309 e. The highest BCUT2D eigenvalue weighted by atomic mass is 15.2. The summed E-state index contributed by atoms with van der Waals surface area (Å²) in [6.45, 7) is 5.03. The van der Waals surface area contributed by atoms with E-state index in [2.05, 4.69) is 17.1 Å². The van der Waals surface area contributed by atoms with Crippen LogP contribution in [0.4, 0.5) is 0 Å². The summed E-state index contributed by atoms with van der Waals surface area (Å²) in [5.74, 6) is 0. The number of hydrogen-bond acceptors (Lipinski definition) is 2. The van der Waals surface area contributed by atoms with E-state index in [0.717, 1.165) is 12.1 Å². The van der Waals surface area contributed by atoms with Gasteiger partial charge in [0.25, 0.3) is 0 Å². The van der Waals surface area contributed by atoms with Gasteiger partial charge in [0.05, 0.1) is 0 Å². The van der Waals surface area contributed by atoms with Crippen LogP contribution in [0.1, 0.15) is 71.1 Å². The molecule has 1 atom stereocenters. The predicted molar refractivity (Wildman–Crippen MR) is 76.9 cm³/mol. The van der Waals surface area contributed by atoms with Gasteiger partial charge in [-0.15, -0.1) is 0 Å². The van der Waals surface area contributed by atoms with Gasteiger partial charge in [0.2, 0.25) is 0 Å². The Hall–Kier alpha value is -0.0800. The fourth-order valence-corrected chi connectivity index (χ4v) is 4.56. The molecule has 0 aromatic rings. The first kappa shape index (κ1) is 12.9. The predicted octanol–water partition coefficient (Wildman–Crippen LogP) is 3.32. The fourth-order valence-electron chi connectivity index (χ4n) is 4.56. The Bertz CT molecular complexity index is 264. The van der Waals surface area contributed by atoms with Crippen molar-refractivity contribution < 1.29 is 0 Å². The number of rotatable bonds is 1. The van der Waals surface area contributed by atoms with Crippen LogP contribution in [-0.2, 0) is 0 Å². The third-order valence-electron chi connectivity index (χ3n) is 5.72. The zero-order valence-electron chi connectivity index (χ0n) is 12.1. The molecule has 1 spiro atoms. The highest BCUT2D eigenvalue weighted by Gasteiger charge is 2.39. The monoisotopic (exact) mass is 250 g/mol. The highest BCUT2D eigenvalue weighted by molar-refractivity contribution is 4.98. The van der Waals surface area contributed by atoms with Crippen LogP contribution in [-0.4, -0.2) is 35.6 Å². The molecule has 1 aliphatic heterocycles. The van der Waals surface area contributed by atoms with Crippen LogP contribution in [0.25, 0.3) is 0 Å². The lowest BCUT2D eigenvalue weighted by molar-refractivity contribution is 0.0973. The molecule has 0 radical (unpaired) electrons. The van der Waals surface area contributed by atoms with Crippen molar-refractivity contribution in [2.75, 3.05) is 13.1 Å². The molecular formula is C16H30N2. The number of hydrogen-bond donors (Lipinski definition) is 1. The van der Waals surface area contributed by atoms with Crippen LogP contribution in [0.5, 0.6) is 0 Å². The maximum atomic E-state index is 3.94. The molecule has 2 saturated carbocycles. The minimum atomic E-state index is 0.478. The third kappa shape index (κ3) is 2.60. The Labute approximate surface area is 113 Å². The van der Waals surface area contributed by atoms with E-state index in [0.29, 0.717) is 5.54 Å². The highest BCUT2D eigenvalue weighted by Crippen LogP contribution is 2.34. The number of nitrogens with zero attached hydrogens (tertiary/aromatic N) is 1. The summed E-state index contributed by atoms with van der Waals surface area (Å²) in [5.41, 5.74) is 0.478. The molecule has 18 heavy (non-hydrogen) atoms. The summed E-state index contributed by atoms with van der Waals surface area (Å²) < 4.78 is 0. The average Bonchev–Trinajstić information content (AvgIpc) is 2.86. The van der Waals surface area contributed by atoms with E-state index in [1.807, 2.05) is 0 Å². The summed E-state index contributed by atoms with van der Waals surface area (Å²) in [7, 11) is 0. The molecular weight excluding hydrogens is 220 g/mol. The molecule has 1 saturated heterocycles. The molecule has 0 amide bonds. The second kappa shape index (κ2) is 5.50. The van der Waals surface area contributed by atoms with E-state index in [4.69, 9.17) is 0 Å². The van der Waals surface area contributed by atoms with Crippen LogP contribution in [0, 0.1) is 0 Å². The quantitative estimate of drug-likeness (QED) is 0.768. The zero-order chi connectivity index (χ0) is 12.4. The molecule has 1 heterocycles. The Morgan fingerprint density at radius 1 is 0.944 bits per heavy atom. The Morgan fingerprint density at radius 3 is 2.39 bits per heavy atom. The van der Waals surface area contributed by atoms with E-state index >= 15 is 0 Å². The van der Waals surface area contributed by atoms with Crippen molar-refractivity contribution in [1.82, 2.24) is 10.2 Å². The van der Waals surface area contributed by atoms with Crippen molar-refractivity contribution in [2.45, 2.75) is 88.8 Å². The van der Waals surface area contributed by atoms with Crippen LogP contribution in [0.15, 0.2) is 0 Å². The van der Waals surface area contributed by atoms with Crippen molar-refractivity contribution in [3.8, 4) is 0 Å². The average molecular weight is 250 g/mol. The van der Waals surface area contributed by atoms with Gasteiger partial charge in [-0.05, 0) is 45.6 Å². The van der Waals surface area contributed by atoms with E-state index in [1.54, 1.807) is 0 Å². The first-order valence-electron chi connectivity index (χ1n) is 8.30. The summed E-state index contributed by atoms with van der Waals surface area (Å²) >= 11 is 0. The maximum absolute atomic E-state index is 3.94. The third-order valence-corrected chi connectivity index (χ3v) is 5.72. The van der Waals surface area contributed by atoms with Crippen LogP contribution in [0.3, 0.4) is 0 Å². The van der Waals surface area contributed by atoms with Gasteiger partial charge < -0.3 is 5.32 Å². The van der Waals surface area contributed by atoms with Gasteiger partial charge >= 0.3 is 0 Å². The molecule has 0 aromatic carbocycles. The Balaban J connectivity index is 1.73. The molecule has 0 bridgehead atoms. The lowest BCUT2D eigenvalue weighted by atomic mass is 9.81. The molecule has 104 valence electrons. The van der Waals surface area contributed by atoms with Crippen molar-refractivity contribution in [2.24, 2.45) is 0 Å². The molecule has 2 nitrogen and oxygen atoms in total. The molecule has 2 heteroatoms. The molecule has 3 aliphatic rings. The largest absolute Gasteiger partial charge is 0.310 e. The SMILES string of the molecule is CC1CCNC2(CCCCC2)CN1C1CCCC1.